The average Bonchev–Trinajstić information content (AvgIpc) is 2.46. The molecule has 1 unspecified atom stereocenters. The van der Waals surface area contributed by atoms with Crippen LogP contribution in [0.5, 0.6) is 0 Å². The van der Waals surface area contributed by atoms with Crippen molar-refractivity contribution in [3.63, 3.8) is 0 Å². The van der Waals surface area contributed by atoms with E-state index < -0.39 is 0 Å². The molecule has 0 saturated heterocycles. The molecular formula is C16H32N2O3. The topological polar surface area (TPSA) is 72.6 Å². The molecule has 0 aliphatic carbocycles. The van der Waals surface area contributed by atoms with E-state index in [0.29, 0.717) is 6.42 Å². The number of methoxy groups -OCH3 is 1. The maximum absolute atomic E-state index is 11.6. The van der Waals surface area contributed by atoms with E-state index >= 15 is 0 Å². The van der Waals surface area contributed by atoms with Crippen LogP contribution in [0.4, 0.5) is 0 Å². The molecule has 21 heavy (non-hydrogen) atoms. The minimum atomic E-state index is -0.371. The zero-order chi connectivity index (χ0) is 16.1. The van der Waals surface area contributed by atoms with Gasteiger partial charge in [0.15, 0.2) is 0 Å². The van der Waals surface area contributed by atoms with Crippen LogP contribution in [0.25, 0.3) is 0 Å². The van der Waals surface area contributed by atoms with Crippen molar-refractivity contribution in [1.29, 1.82) is 0 Å². The van der Waals surface area contributed by atoms with Crippen LogP contribution >= 0.6 is 0 Å². The van der Waals surface area contributed by atoms with Gasteiger partial charge in [0.2, 0.25) is 5.91 Å². The highest BCUT2D eigenvalue weighted by Gasteiger charge is 2.24. The summed E-state index contributed by atoms with van der Waals surface area (Å²) >= 11 is 0. The standard InChI is InChI=1S/C16H32N2O3/c1-4-6-7-8-9-10-12-18(13-15(19)21-3)14(11-5-2)16(17)20/h14H,4-13H2,1-3H3,(H2,17,20). The molecule has 0 aromatic rings. The largest absolute Gasteiger partial charge is 0.468 e. The first-order valence-corrected chi connectivity index (χ1v) is 8.16. The Balaban J connectivity index is 4.36. The summed E-state index contributed by atoms with van der Waals surface area (Å²) in [6, 6.07) is -0.371. The van der Waals surface area contributed by atoms with Crippen LogP contribution in [-0.2, 0) is 14.3 Å². The molecule has 0 aliphatic rings. The first kappa shape index (κ1) is 19.9. The van der Waals surface area contributed by atoms with Gasteiger partial charge < -0.3 is 10.5 Å². The number of nitrogens with zero attached hydrogens (tertiary/aromatic N) is 1. The molecule has 0 aromatic carbocycles. The van der Waals surface area contributed by atoms with Gasteiger partial charge in [-0.1, -0.05) is 52.4 Å². The molecule has 0 radical (unpaired) electrons. The van der Waals surface area contributed by atoms with Crippen molar-refractivity contribution in [2.45, 2.75) is 71.3 Å². The van der Waals surface area contributed by atoms with E-state index in [4.69, 9.17) is 10.5 Å². The second-order valence-corrected chi connectivity index (χ2v) is 5.52. The number of nitrogens with two attached hydrogens (primary N) is 1. The second kappa shape index (κ2) is 12.6. The Morgan fingerprint density at radius 1 is 1.05 bits per heavy atom. The van der Waals surface area contributed by atoms with Crippen molar-refractivity contribution in [3.8, 4) is 0 Å². The summed E-state index contributed by atoms with van der Waals surface area (Å²) in [5, 5.41) is 0. The normalized spacial score (nSPS) is 12.4. The van der Waals surface area contributed by atoms with E-state index in [2.05, 4.69) is 6.92 Å². The Morgan fingerprint density at radius 2 is 1.67 bits per heavy atom. The molecule has 5 heteroatoms. The van der Waals surface area contributed by atoms with Crippen molar-refractivity contribution < 1.29 is 14.3 Å². The Hall–Kier alpha value is -1.10. The molecule has 1 amide bonds. The minimum absolute atomic E-state index is 0.138. The first-order chi connectivity index (χ1) is 10.1. The number of hydrogen-bond donors (Lipinski definition) is 1. The highest BCUT2D eigenvalue weighted by Crippen LogP contribution is 2.11. The lowest BCUT2D eigenvalue weighted by Gasteiger charge is -2.28. The molecule has 0 fully saturated rings. The van der Waals surface area contributed by atoms with E-state index in [9.17, 15) is 9.59 Å². The van der Waals surface area contributed by atoms with E-state index in [1.807, 2.05) is 11.8 Å². The van der Waals surface area contributed by atoms with Crippen molar-refractivity contribution in [2.24, 2.45) is 5.73 Å². The molecule has 0 aliphatic heterocycles. The molecule has 0 spiro atoms. The Kier molecular flexibility index (Phi) is 12.0. The van der Waals surface area contributed by atoms with Gasteiger partial charge in [0.25, 0.3) is 0 Å². The number of ether oxygens (including phenoxy) is 1. The van der Waals surface area contributed by atoms with Crippen molar-refractivity contribution in [3.05, 3.63) is 0 Å². The average molecular weight is 300 g/mol. The predicted molar refractivity (Wildman–Crippen MR) is 84.9 cm³/mol. The number of carbonyl (C=O) groups excluding carboxylic acids is 2. The summed E-state index contributed by atoms with van der Waals surface area (Å²) in [6.45, 7) is 5.06. The van der Waals surface area contributed by atoms with Crippen LogP contribution in [0.15, 0.2) is 0 Å². The third-order valence-corrected chi connectivity index (χ3v) is 3.69. The lowest BCUT2D eigenvalue weighted by molar-refractivity contribution is -0.143. The molecule has 0 bridgehead atoms. The zero-order valence-electron chi connectivity index (χ0n) is 13.9. The number of rotatable bonds is 13. The predicted octanol–water partition coefficient (Wildman–Crippen LogP) is 2.48. The summed E-state index contributed by atoms with van der Waals surface area (Å²) < 4.78 is 4.72. The highest BCUT2D eigenvalue weighted by molar-refractivity contribution is 5.81. The molecular weight excluding hydrogens is 268 g/mol. The number of esters is 1. The molecule has 2 N–H and O–H groups in total. The van der Waals surface area contributed by atoms with Crippen LogP contribution in [0.3, 0.4) is 0 Å². The fourth-order valence-electron chi connectivity index (χ4n) is 2.45. The van der Waals surface area contributed by atoms with Gasteiger partial charge in [-0.25, -0.2) is 0 Å². The zero-order valence-corrected chi connectivity index (χ0v) is 13.9. The number of amides is 1. The third kappa shape index (κ3) is 9.45. The van der Waals surface area contributed by atoms with E-state index in [-0.39, 0.29) is 24.5 Å². The van der Waals surface area contributed by atoms with Gasteiger partial charge in [-0.3, -0.25) is 14.5 Å². The number of primary amides is 1. The quantitative estimate of drug-likeness (QED) is 0.419. The van der Waals surface area contributed by atoms with E-state index in [0.717, 1.165) is 25.8 Å². The number of hydrogen-bond acceptors (Lipinski definition) is 4. The van der Waals surface area contributed by atoms with E-state index in [1.165, 1.54) is 32.8 Å². The van der Waals surface area contributed by atoms with Gasteiger partial charge in [-0.15, -0.1) is 0 Å². The first-order valence-electron chi connectivity index (χ1n) is 8.16. The second-order valence-electron chi connectivity index (χ2n) is 5.52. The Labute approximate surface area is 129 Å². The van der Waals surface area contributed by atoms with Gasteiger partial charge in [-0.05, 0) is 19.4 Å². The van der Waals surface area contributed by atoms with Crippen LogP contribution in [0, 0.1) is 0 Å². The maximum atomic E-state index is 11.6. The lowest BCUT2D eigenvalue weighted by Crippen LogP contribution is -2.47. The lowest BCUT2D eigenvalue weighted by atomic mass is 10.1. The van der Waals surface area contributed by atoms with Crippen molar-refractivity contribution >= 4 is 11.9 Å². The molecule has 0 aromatic heterocycles. The SMILES string of the molecule is CCCCCCCCN(CC(=O)OC)C(CCC)C(N)=O. The monoisotopic (exact) mass is 300 g/mol. The van der Waals surface area contributed by atoms with Gasteiger partial charge in [0.05, 0.1) is 19.7 Å². The summed E-state index contributed by atoms with van der Waals surface area (Å²) in [5.41, 5.74) is 5.48. The molecule has 0 heterocycles. The Bertz CT molecular complexity index is 295. The number of carbonyl (C=O) groups is 2. The molecule has 124 valence electrons. The smallest absolute Gasteiger partial charge is 0.319 e. The van der Waals surface area contributed by atoms with Crippen LogP contribution in [0.2, 0.25) is 0 Å². The van der Waals surface area contributed by atoms with Crippen molar-refractivity contribution in [1.82, 2.24) is 4.90 Å². The number of unbranched alkanes of at least 4 members (excludes halogenated alkanes) is 5. The van der Waals surface area contributed by atoms with Crippen LogP contribution < -0.4 is 5.73 Å². The van der Waals surface area contributed by atoms with Crippen molar-refractivity contribution in [2.75, 3.05) is 20.2 Å². The third-order valence-electron chi connectivity index (χ3n) is 3.69. The fraction of sp³-hybridized carbons (Fsp3) is 0.875. The van der Waals surface area contributed by atoms with Crippen LogP contribution in [-0.4, -0.2) is 43.0 Å². The van der Waals surface area contributed by atoms with Gasteiger partial charge in [0, 0.05) is 0 Å². The van der Waals surface area contributed by atoms with E-state index in [1.54, 1.807) is 0 Å². The van der Waals surface area contributed by atoms with Crippen LogP contribution in [0.1, 0.15) is 65.2 Å². The van der Waals surface area contributed by atoms with Gasteiger partial charge >= 0.3 is 5.97 Å². The fourth-order valence-corrected chi connectivity index (χ4v) is 2.45. The molecule has 5 nitrogen and oxygen atoms in total. The maximum Gasteiger partial charge on any atom is 0.319 e. The van der Waals surface area contributed by atoms with Gasteiger partial charge in [-0.2, -0.15) is 0 Å². The highest BCUT2D eigenvalue weighted by atomic mass is 16.5. The molecule has 0 rings (SSSR count). The summed E-state index contributed by atoms with van der Waals surface area (Å²) in [6.07, 6.45) is 8.60. The summed E-state index contributed by atoms with van der Waals surface area (Å²) in [7, 11) is 1.37. The Morgan fingerprint density at radius 3 is 2.19 bits per heavy atom. The van der Waals surface area contributed by atoms with Gasteiger partial charge in [0.1, 0.15) is 0 Å². The molecule has 1 atom stereocenters. The molecule has 0 saturated carbocycles. The summed E-state index contributed by atoms with van der Waals surface area (Å²) in [5.74, 6) is -0.671. The minimum Gasteiger partial charge on any atom is -0.468 e. The summed E-state index contributed by atoms with van der Waals surface area (Å²) in [4.78, 5) is 25.0.